The Kier molecular flexibility index (Phi) is 8.54. The third-order valence-electron chi connectivity index (χ3n) is 4.08. The van der Waals surface area contributed by atoms with E-state index in [1.165, 1.54) is 25.4 Å². The summed E-state index contributed by atoms with van der Waals surface area (Å²) in [6, 6.07) is 9.13. The summed E-state index contributed by atoms with van der Waals surface area (Å²) in [6.07, 6.45) is 1.87. The van der Waals surface area contributed by atoms with Gasteiger partial charge in [-0.25, -0.2) is 14.5 Å². The number of hydrogen-bond acceptors (Lipinski definition) is 5. The van der Waals surface area contributed by atoms with E-state index in [0.717, 1.165) is 9.87 Å². The normalized spacial score (nSPS) is 11.0. The second-order valence-corrected chi connectivity index (χ2v) is 7.65. The molecule has 0 unspecified atom stereocenters. The van der Waals surface area contributed by atoms with Crippen LogP contribution >= 0.6 is 24.8 Å². The number of fused-ring (bicyclic) bond motifs is 1. The first-order valence-electron chi connectivity index (χ1n) is 8.01. The number of benzene rings is 1. The van der Waals surface area contributed by atoms with Crippen LogP contribution in [0.25, 0.3) is 11.0 Å². The Balaban J connectivity index is 0.00000210. The molecule has 3 rings (SSSR count). The summed E-state index contributed by atoms with van der Waals surface area (Å²) < 4.78 is 37.8. The number of rotatable bonds is 6. The van der Waals surface area contributed by atoms with Crippen molar-refractivity contribution >= 4 is 57.4 Å². The summed E-state index contributed by atoms with van der Waals surface area (Å²) in [6.45, 7) is 0.170. The Morgan fingerprint density at radius 1 is 1.17 bits per heavy atom. The van der Waals surface area contributed by atoms with Gasteiger partial charge in [0.2, 0.25) is 5.56 Å². The largest absolute Gasteiger partial charge is 0.352 e. The molecule has 0 aliphatic heterocycles. The molecule has 0 aliphatic carbocycles. The summed E-state index contributed by atoms with van der Waals surface area (Å²) in [5, 5.41) is 8.69. The summed E-state index contributed by atoms with van der Waals surface area (Å²) in [7, 11) is -2.38. The number of hydrogen-bond donors (Lipinski definition) is 3. The highest BCUT2D eigenvalue weighted by atomic mass is 35.5. The Morgan fingerprint density at radius 2 is 1.90 bits per heavy atom. The van der Waals surface area contributed by atoms with Crippen LogP contribution < -0.4 is 16.0 Å². The Morgan fingerprint density at radius 3 is 2.59 bits per heavy atom. The quantitative estimate of drug-likeness (QED) is 0.517. The molecule has 0 amide bonds. The smallest absolute Gasteiger partial charge is 0.276 e. The van der Waals surface area contributed by atoms with Crippen LogP contribution in [0.5, 0.6) is 0 Å². The first-order valence-corrected chi connectivity index (χ1v) is 9.52. The van der Waals surface area contributed by atoms with Gasteiger partial charge in [0, 0.05) is 31.2 Å². The predicted octanol–water partition coefficient (Wildman–Crippen LogP) is 2.33. The predicted molar refractivity (Wildman–Crippen MR) is 116 cm³/mol. The van der Waals surface area contributed by atoms with Crippen LogP contribution in [0.3, 0.4) is 0 Å². The lowest BCUT2D eigenvalue weighted by molar-refractivity contribution is 0.473. The molecule has 0 spiro atoms. The van der Waals surface area contributed by atoms with Crippen molar-refractivity contribution in [3.63, 3.8) is 0 Å². The third-order valence-corrected chi connectivity index (χ3v) is 5.13. The van der Waals surface area contributed by atoms with Crippen LogP contribution in [0.15, 0.2) is 47.4 Å². The lowest BCUT2D eigenvalue weighted by Crippen LogP contribution is -2.34. The average Bonchev–Trinajstić information content (AvgIpc) is 2.61. The van der Waals surface area contributed by atoms with Crippen LogP contribution in [0.1, 0.15) is 5.56 Å². The SMILES string of the molecule is CN(CCc1ccc(F)c(Nc2ccnc3[nH]c(=O)ccc23)c1)S(N)(=O)=O.Cl.Cl. The van der Waals surface area contributed by atoms with Crippen molar-refractivity contribution in [3.05, 3.63) is 64.3 Å². The molecule has 2 heterocycles. The third kappa shape index (κ3) is 6.12. The fraction of sp³-hybridized carbons (Fsp3) is 0.176. The van der Waals surface area contributed by atoms with Gasteiger partial charge in [0.05, 0.1) is 11.4 Å². The molecular formula is C17H20Cl2FN5O3S. The maximum absolute atomic E-state index is 14.2. The Labute approximate surface area is 179 Å². The van der Waals surface area contributed by atoms with E-state index in [2.05, 4.69) is 15.3 Å². The highest BCUT2D eigenvalue weighted by molar-refractivity contribution is 7.86. The standard InChI is InChI=1S/C17H18FN5O3S.2ClH/c1-23(27(19,25)26)9-7-11-2-4-13(18)15(10-11)21-14-6-8-20-17-12(14)3-5-16(24)22-17;;/h2-6,8,10H,7,9H2,1H3,(H2,19,25,26)(H2,20,21,22,24);2*1H. The lowest BCUT2D eigenvalue weighted by atomic mass is 10.1. The minimum absolute atomic E-state index is 0. The van der Waals surface area contributed by atoms with Gasteiger partial charge in [0.15, 0.2) is 0 Å². The van der Waals surface area contributed by atoms with Crippen molar-refractivity contribution in [3.8, 4) is 0 Å². The van der Waals surface area contributed by atoms with E-state index in [4.69, 9.17) is 5.14 Å². The van der Waals surface area contributed by atoms with Crippen molar-refractivity contribution in [1.29, 1.82) is 0 Å². The van der Waals surface area contributed by atoms with Crippen LogP contribution in [-0.4, -0.2) is 36.3 Å². The summed E-state index contributed by atoms with van der Waals surface area (Å²) in [4.78, 5) is 18.1. The van der Waals surface area contributed by atoms with Gasteiger partial charge in [-0.2, -0.15) is 12.7 Å². The van der Waals surface area contributed by atoms with E-state index in [1.807, 2.05) is 0 Å². The topological polar surface area (TPSA) is 121 Å². The summed E-state index contributed by atoms with van der Waals surface area (Å²) >= 11 is 0. The molecule has 29 heavy (non-hydrogen) atoms. The number of nitrogens with two attached hydrogens (primary N) is 1. The first-order chi connectivity index (χ1) is 12.7. The van der Waals surface area contributed by atoms with Crippen LogP contribution in [0.2, 0.25) is 0 Å². The maximum atomic E-state index is 14.2. The number of anilines is 2. The average molecular weight is 464 g/mol. The van der Waals surface area contributed by atoms with Gasteiger partial charge in [0.25, 0.3) is 10.2 Å². The van der Waals surface area contributed by atoms with Crippen molar-refractivity contribution in [2.24, 2.45) is 5.14 Å². The number of likely N-dealkylation sites (N-methyl/N-ethyl adjacent to an activating group) is 1. The van der Waals surface area contributed by atoms with Gasteiger partial charge in [0.1, 0.15) is 11.5 Å². The molecule has 0 fully saturated rings. The minimum Gasteiger partial charge on any atom is -0.352 e. The molecule has 158 valence electrons. The fourth-order valence-electron chi connectivity index (χ4n) is 2.55. The summed E-state index contributed by atoms with van der Waals surface area (Å²) in [5.41, 5.74) is 1.65. The van der Waals surface area contributed by atoms with E-state index >= 15 is 0 Å². The van der Waals surface area contributed by atoms with Gasteiger partial charge in [-0.05, 0) is 36.2 Å². The Bertz CT molecular complexity index is 1160. The van der Waals surface area contributed by atoms with E-state index in [-0.39, 0.29) is 42.6 Å². The zero-order valence-electron chi connectivity index (χ0n) is 15.3. The molecule has 2 aromatic heterocycles. The monoisotopic (exact) mass is 463 g/mol. The molecule has 0 bridgehead atoms. The number of pyridine rings is 2. The molecule has 3 aromatic rings. The minimum atomic E-state index is -3.76. The van der Waals surface area contributed by atoms with E-state index in [1.54, 1.807) is 24.3 Å². The molecule has 8 nitrogen and oxygen atoms in total. The number of aromatic amines is 1. The highest BCUT2D eigenvalue weighted by Crippen LogP contribution is 2.26. The second-order valence-electron chi connectivity index (χ2n) is 6.00. The van der Waals surface area contributed by atoms with Gasteiger partial charge in [-0.15, -0.1) is 24.8 Å². The van der Waals surface area contributed by atoms with Crippen LogP contribution in [0, 0.1) is 5.82 Å². The van der Waals surface area contributed by atoms with Crippen LogP contribution in [-0.2, 0) is 16.6 Å². The Hall–Kier alpha value is -2.24. The van der Waals surface area contributed by atoms with E-state index < -0.39 is 16.0 Å². The first kappa shape index (κ1) is 24.8. The van der Waals surface area contributed by atoms with Gasteiger partial charge in [-0.3, -0.25) is 4.79 Å². The molecule has 1 aromatic carbocycles. The zero-order valence-corrected chi connectivity index (χ0v) is 17.7. The second kappa shape index (κ2) is 9.99. The van der Waals surface area contributed by atoms with E-state index in [9.17, 15) is 17.6 Å². The lowest BCUT2D eigenvalue weighted by Gasteiger charge is -2.15. The number of nitrogens with zero attached hydrogens (tertiary/aromatic N) is 2. The highest BCUT2D eigenvalue weighted by Gasteiger charge is 2.12. The molecule has 0 radical (unpaired) electrons. The van der Waals surface area contributed by atoms with Crippen molar-refractivity contribution in [2.75, 3.05) is 18.9 Å². The zero-order chi connectivity index (χ0) is 19.6. The van der Waals surface area contributed by atoms with Gasteiger partial charge < -0.3 is 10.3 Å². The number of H-pyrrole nitrogens is 1. The number of nitrogens with one attached hydrogen (secondary N) is 2. The van der Waals surface area contributed by atoms with Crippen molar-refractivity contribution in [2.45, 2.75) is 6.42 Å². The number of aromatic nitrogens is 2. The molecule has 12 heteroatoms. The van der Waals surface area contributed by atoms with Crippen molar-refractivity contribution in [1.82, 2.24) is 14.3 Å². The van der Waals surface area contributed by atoms with Crippen LogP contribution in [0.4, 0.5) is 15.8 Å². The van der Waals surface area contributed by atoms with Gasteiger partial charge in [-0.1, -0.05) is 6.07 Å². The molecule has 0 saturated carbocycles. The molecule has 4 N–H and O–H groups in total. The summed E-state index contributed by atoms with van der Waals surface area (Å²) in [5.74, 6) is -0.465. The maximum Gasteiger partial charge on any atom is 0.276 e. The molecule has 0 saturated heterocycles. The molecule has 0 aliphatic rings. The fourth-order valence-corrected chi connectivity index (χ4v) is 2.90. The van der Waals surface area contributed by atoms with E-state index in [0.29, 0.717) is 23.1 Å². The van der Waals surface area contributed by atoms with Crippen molar-refractivity contribution < 1.29 is 12.8 Å². The molecular weight excluding hydrogens is 444 g/mol. The van der Waals surface area contributed by atoms with Gasteiger partial charge >= 0.3 is 0 Å². The number of halogens is 3. The molecule has 0 atom stereocenters.